The summed E-state index contributed by atoms with van der Waals surface area (Å²) in [6.07, 6.45) is 4.58. The average molecular weight is 377 g/mol. The highest BCUT2D eigenvalue weighted by Gasteiger charge is 2.19. The third-order valence-electron chi connectivity index (χ3n) is 4.16. The molecular formula is C19H15N5O2S. The molecule has 1 amide bonds. The van der Waals surface area contributed by atoms with Crippen LogP contribution in [0, 0.1) is 6.92 Å². The number of benzene rings is 1. The number of anilines is 1. The van der Waals surface area contributed by atoms with Gasteiger partial charge in [0.05, 0.1) is 34.7 Å². The van der Waals surface area contributed by atoms with Crippen LogP contribution in [0.5, 0.6) is 0 Å². The number of fused-ring (bicyclic) bond motifs is 1. The van der Waals surface area contributed by atoms with Gasteiger partial charge >= 0.3 is 0 Å². The molecule has 0 aliphatic carbocycles. The fourth-order valence-corrected chi connectivity index (χ4v) is 3.78. The van der Waals surface area contributed by atoms with Crippen molar-refractivity contribution in [2.45, 2.75) is 6.92 Å². The van der Waals surface area contributed by atoms with Crippen LogP contribution in [0.1, 0.15) is 15.2 Å². The second-order valence-electron chi connectivity index (χ2n) is 6.01. The Balaban J connectivity index is 1.61. The maximum Gasteiger partial charge on any atom is 0.266 e. The first-order valence-electron chi connectivity index (χ1n) is 8.18. The summed E-state index contributed by atoms with van der Waals surface area (Å²) in [5.41, 5.74) is 1.85. The van der Waals surface area contributed by atoms with Gasteiger partial charge in [0.2, 0.25) is 0 Å². The zero-order valence-corrected chi connectivity index (χ0v) is 15.4. The fourth-order valence-electron chi connectivity index (χ4n) is 2.74. The standard InChI is InChI=1S/C19H15N5O2S/c1-11-14-18(22-10-24(2)19(14)26)27-15(11)17(25)23-13-8-20-16(21-9-13)12-6-4-3-5-7-12/h3-10H,1-2H3,(H,23,25). The van der Waals surface area contributed by atoms with Gasteiger partial charge in [-0.25, -0.2) is 15.0 Å². The number of carbonyl (C=O) groups is 1. The van der Waals surface area contributed by atoms with E-state index in [9.17, 15) is 9.59 Å². The number of amides is 1. The van der Waals surface area contributed by atoms with Gasteiger partial charge < -0.3 is 9.88 Å². The molecule has 1 aromatic carbocycles. The van der Waals surface area contributed by atoms with E-state index in [1.807, 2.05) is 30.3 Å². The summed E-state index contributed by atoms with van der Waals surface area (Å²) >= 11 is 1.20. The summed E-state index contributed by atoms with van der Waals surface area (Å²) in [6.45, 7) is 1.76. The number of nitrogens with one attached hydrogen (secondary N) is 1. The van der Waals surface area contributed by atoms with Crippen LogP contribution in [0.15, 0.2) is 53.8 Å². The van der Waals surface area contributed by atoms with Gasteiger partial charge in [-0.2, -0.15) is 0 Å². The molecule has 4 aromatic rings. The van der Waals surface area contributed by atoms with Crippen molar-refractivity contribution in [3.05, 3.63) is 69.8 Å². The fraction of sp³-hybridized carbons (Fsp3) is 0.105. The zero-order valence-electron chi connectivity index (χ0n) is 14.6. The van der Waals surface area contributed by atoms with Gasteiger partial charge in [0.1, 0.15) is 4.83 Å². The summed E-state index contributed by atoms with van der Waals surface area (Å²) in [5.74, 6) is 0.271. The van der Waals surface area contributed by atoms with Gasteiger partial charge in [-0.05, 0) is 12.5 Å². The van der Waals surface area contributed by atoms with E-state index >= 15 is 0 Å². The Kier molecular flexibility index (Phi) is 4.25. The number of nitrogens with zero attached hydrogens (tertiary/aromatic N) is 4. The first-order chi connectivity index (χ1) is 13.0. The maximum atomic E-state index is 12.7. The van der Waals surface area contributed by atoms with Crippen LogP contribution in [0.2, 0.25) is 0 Å². The lowest BCUT2D eigenvalue weighted by Gasteiger charge is -2.05. The number of hydrogen-bond acceptors (Lipinski definition) is 6. The molecule has 0 spiro atoms. The third-order valence-corrected chi connectivity index (χ3v) is 5.36. The Morgan fingerprint density at radius 3 is 2.52 bits per heavy atom. The van der Waals surface area contributed by atoms with Gasteiger partial charge in [0, 0.05) is 12.6 Å². The Hall–Kier alpha value is -3.39. The Bertz CT molecular complexity index is 1200. The van der Waals surface area contributed by atoms with Crippen molar-refractivity contribution in [1.82, 2.24) is 19.5 Å². The van der Waals surface area contributed by atoms with Gasteiger partial charge in [0.15, 0.2) is 5.82 Å². The third kappa shape index (κ3) is 3.11. The number of rotatable bonds is 3. The van der Waals surface area contributed by atoms with Gasteiger partial charge in [-0.15, -0.1) is 11.3 Å². The first-order valence-corrected chi connectivity index (χ1v) is 9.00. The average Bonchev–Trinajstić information content (AvgIpc) is 3.03. The molecule has 0 atom stereocenters. The number of aryl methyl sites for hydroxylation is 2. The molecule has 0 unspecified atom stereocenters. The highest BCUT2D eigenvalue weighted by molar-refractivity contribution is 7.20. The summed E-state index contributed by atoms with van der Waals surface area (Å²) < 4.78 is 1.40. The van der Waals surface area contributed by atoms with E-state index in [1.54, 1.807) is 26.4 Å². The Morgan fingerprint density at radius 2 is 1.81 bits per heavy atom. The topological polar surface area (TPSA) is 89.8 Å². The normalized spacial score (nSPS) is 10.9. The lowest BCUT2D eigenvalue weighted by Crippen LogP contribution is -2.17. The van der Waals surface area contributed by atoms with Crippen molar-refractivity contribution in [3.63, 3.8) is 0 Å². The highest BCUT2D eigenvalue weighted by Crippen LogP contribution is 2.27. The summed E-state index contributed by atoms with van der Waals surface area (Å²) in [7, 11) is 1.64. The van der Waals surface area contributed by atoms with E-state index in [-0.39, 0.29) is 11.5 Å². The lowest BCUT2D eigenvalue weighted by molar-refractivity contribution is 0.103. The Morgan fingerprint density at radius 1 is 1.11 bits per heavy atom. The van der Waals surface area contributed by atoms with E-state index in [0.717, 1.165) is 5.56 Å². The minimum absolute atomic E-state index is 0.164. The van der Waals surface area contributed by atoms with Crippen LogP contribution in [0.25, 0.3) is 21.6 Å². The van der Waals surface area contributed by atoms with Crippen LogP contribution in [0.4, 0.5) is 5.69 Å². The quantitative estimate of drug-likeness (QED) is 0.593. The smallest absolute Gasteiger partial charge is 0.266 e. The van der Waals surface area contributed by atoms with E-state index in [4.69, 9.17) is 0 Å². The van der Waals surface area contributed by atoms with Crippen molar-refractivity contribution >= 4 is 33.1 Å². The van der Waals surface area contributed by atoms with Crippen molar-refractivity contribution in [3.8, 4) is 11.4 Å². The van der Waals surface area contributed by atoms with Crippen molar-refractivity contribution < 1.29 is 4.79 Å². The molecule has 8 heteroatoms. The van der Waals surface area contributed by atoms with Crippen LogP contribution in [0.3, 0.4) is 0 Å². The van der Waals surface area contributed by atoms with Gasteiger partial charge in [-0.1, -0.05) is 30.3 Å². The Labute approximate surface area is 158 Å². The molecule has 3 heterocycles. The molecule has 3 aromatic heterocycles. The van der Waals surface area contributed by atoms with Crippen molar-refractivity contribution in [1.29, 1.82) is 0 Å². The van der Waals surface area contributed by atoms with Crippen LogP contribution < -0.4 is 10.9 Å². The number of hydrogen-bond donors (Lipinski definition) is 1. The van der Waals surface area contributed by atoms with E-state index in [2.05, 4.69) is 20.3 Å². The molecule has 0 radical (unpaired) electrons. The second kappa shape index (κ2) is 6.73. The van der Waals surface area contributed by atoms with Gasteiger partial charge in [0.25, 0.3) is 11.5 Å². The van der Waals surface area contributed by atoms with Gasteiger partial charge in [-0.3, -0.25) is 9.59 Å². The minimum Gasteiger partial charge on any atom is -0.319 e. The predicted molar refractivity (Wildman–Crippen MR) is 105 cm³/mol. The molecule has 1 N–H and O–H groups in total. The van der Waals surface area contributed by atoms with E-state index in [0.29, 0.717) is 32.2 Å². The first kappa shape index (κ1) is 17.0. The molecule has 4 rings (SSSR count). The number of carbonyl (C=O) groups excluding carboxylic acids is 1. The molecule has 0 saturated heterocycles. The molecule has 7 nitrogen and oxygen atoms in total. The highest BCUT2D eigenvalue weighted by atomic mass is 32.1. The second-order valence-corrected chi connectivity index (χ2v) is 7.01. The van der Waals surface area contributed by atoms with Crippen LogP contribution in [-0.2, 0) is 7.05 Å². The monoisotopic (exact) mass is 377 g/mol. The molecule has 0 aliphatic rings. The molecule has 0 aliphatic heterocycles. The van der Waals surface area contributed by atoms with Crippen LogP contribution in [-0.4, -0.2) is 25.4 Å². The minimum atomic E-state index is -0.311. The summed E-state index contributed by atoms with van der Waals surface area (Å²) in [5, 5.41) is 3.26. The predicted octanol–water partition coefficient (Wildman–Crippen LogP) is 3.01. The molecule has 27 heavy (non-hydrogen) atoms. The van der Waals surface area contributed by atoms with E-state index < -0.39 is 0 Å². The SMILES string of the molecule is Cc1c(C(=O)Nc2cnc(-c3ccccc3)nc2)sc2ncn(C)c(=O)c12. The largest absolute Gasteiger partial charge is 0.319 e. The van der Waals surface area contributed by atoms with Crippen LogP contribution >= 0.6 is 11.3 Å². The van der Waals surface area contributed by atoms with Crippen molar-refractivity contribution in [2.24, 2.45) is 7.05 Å². The molecule has 0 bridgehead atoms. The maximum absolute atomic E-state index is 12.7. The molecular weight excluding hydrogens is 362 g/mol. The number of thiophene rings is 1. The van der Waals surface area contributed by atoms with E-state index in [1.165, 1.54) is 22.2 Å². The molecule has 0 fully saturated rings. The summed E-state index contributed by atoms with van der Waals surface area (Å²) in [6, 6.07) is 9.59. The molecule has 0 saturated carbocycles. The lowest BCUT2D eigenvalue weighted by atomic mass is 10.2. The number of aromatic nitrogens is 4. The summed E-state index contributed by atoms with van der Waals surface area (Å²) in [4.78, 5) is 38.8. The molecule has 134 valence electrons. The van der Waals surface area contributed by atoms with Crippen molar-refractivity contribution in [2.75, 3.05) is 5.32 Å². The zero-order chi connectivity index (χ0) is 19.0.